The number of amides is 1. The molecule has 2 aromatic heterocycles. The van der Waals surface area contributed by atoms with Gasteiger partial charge in [-0.2, -0.15) is 5.21 Å². The van der Waals surface area contributed by atoms with Crippen LogP contribution >= 0.6 is 0 Å². The highest BCUT2D eigenvalue weighted by molar-refractivity contribution is 5.94. The first-order valence-corrected chi connectivity index (χ1v) is 7.39. The molecular weight excluding hydrogens is 284 g/mol. The third kappa shape index (κ3) is 2.76. The number of aryl methyl sites for hydroxylation is 1. The normalized spacial score (nSPS) is 13.7. The maximum atomic E-state index is 12.3. The van der Waals surface area contributed by atoms with Crippen molar-refractivity contribution in [1.29, 1.82) is 0 Å². The van der Waals surface area contributed by atoms with Gasteiger partial charge in [-0.3, -0.25) is 9.59 Å². The van der Waals surface area contributed by atoms with E-state index >= 15 is 0 Å². The molecule has 116 valence electrons. The van der Waals surface area contributed by atoms with Gasteiger partial charge < -0.3 is 9.88 Å². The van der Waals surface area contributed by atoms with Crippen molar-refractivity contribution in [2.45, 2.75) is 32.1 Å². The summed E-state index contributed by atoms with van der Waals surface area (Å²) in [4.78, 5) is 24.6. The molecule has 8 heteroatoms. The quantitative estimate of drug-likeness (QED) is 0.810. The lowest BCUT2D eigenvalue weighted by molar-refractivity contribution is 0.0951. The van der Waals surface area contributed by atoms with Crippen LogP contribution in [0.25, 0.3) is 0 Å². The highest BCUT2D eigenvalue weighted by atomic mass is 16.2. The first-order valence-electron chi connectivity index (χ1n) is 7.39. The Kier molecular flexibility index (Phi) is 3.99. The topological polar surface area (TPSA) is 106 Å². The van der Waals surface area contributed by atoms with E-state index < -0.39 is 0 Å². The number of H-pyrrole nitrogens is 1. The number of nitrogens with zero attached hydrogens (tertiary/aromatic N) is 4. The Morgan fingerprint density at radius 1 is 1.41 bits per heavy atom. The van der Waals surface area contributed by atoms with Crippen molar-refractivity contribution in [3.63, 3.8) is 0 Å². The van der Waals surface area contributed by atoms with Gasteiger partial charge in [0.25, 0.3) is 11.5 Å². The maximum absolute atomic E-state index is 12.3. The van der Waals surface area contributed by atoms with E-state index in [0.29, 0.717) is 18.8 Å². The fourth-order valence-corrected chi connectivity index (χ4v) is 2.82. The van der Waals surface area contributed by atoms with E-state index in [1.54, 1.807) is 17.7 Å². The molecule has 22 heavy (non-hydrogen) atoms. The Morgan fingerprint density at radius 3 is 3.00 bits per heavy atom. The molecule has 2 aromatic rings. The molecule has 0 saturated carbocycles. The van der Waals surface area contributed by atoms with Crippen molar-refractivity contribution >= 4 is 5.91 Å². The molecule has 0 aromatic carbocycles. The van der Waals surface area contributed by atoms with Crippen LogP contribution in [0, 0.1) is 0 Å². The molecule has 2 heterocycles. The second kappa shape index (κ2) is 6.08. The Morgan fingerprint density at radius 2 is 2.23 bits per heavy atom. The summed E-state index contributed by atoms with van der Waals surface area (Å²) in [6.45, 7) is 0.360. The molecule has 0 atom stereocenters. The summed E-state index contributed by atoms with van der Waals surface area (Å²) in [5.74, 6) is 0.177. The van der Waals surface area contributed by atoms with Crippen molar-refractivity contribution < 1.29 is 4.79 Å². The standard InChI is InChI=1S/C14H18N6O2/c1-20-11-5-3-2-4-9(11)8-10(14(20)22)13(21)15-7-6-12-16-18-19-17-12/h8H,2-7H2,1H3,(H,15,21)(H,16,17,18,19). The SMILES string of the molecule is Cn1c2c(cc(C(=O)NCCc3nn[nH]n3)c1=O)CCCC2. The number of rotatable bonds is 4. The van der Waals surface area contributed by atoms with Crippen LogP contribution < -0.4 is 10.9 Å². The summed E-state index contributed by atoms with van der Waals surface area (Å²) in [7, 11) is 1.74. The molecule has 0 unspecified atom stereocenters. The van der Waals surface area contributed by atoms with Gasteiger partial charge in [0.2, 0.25) is 0 Å². The van der Waals surface area contributed by atoms with Crippen molar-refractivity contribution in [3.8, 4) is 0 Å². The van der Waals surface area contributed by atoms with Crippen LogP contribution in [0.3, 0.4) is 0 Å². The minimum atomic E-state index is -0.350. The van der Waals surface area contributed by atoms with Gasteiger partial charge in [-0.05, 0) is 37.3 Å². The summed E-state index contributed by atoms with van der Waals surface area (Å²) in [6, 6.07) is 1.75. The number of fused-ring (bicyclic) bond motifs is 1. The second-order valence-electron chi connectivity index (χ2n) is 5.44. The van der Waals surface area contributed by atoms with Crippen molar-refractivity contribution in [1.82, 2.24) is 30.5 Å². The van der Waals surface area contributed by atoms with E-state index in [9.17, 15) is 9.59 Å². The average molecular weight is 302 g/mol. The van der Waals surface area contributed by atoms with Crippen LogP contribution in [0.15, 0.2) is 10.9 Å². The number of hydrogen-bond acceptors (Lipinski definition) is 5. The molecule has 0 fully saturated rings. The summed E-state index contributed by atoms with van der Waals surface area (Å²) in [5.41, 5.74) is 2.13. The molecular formula is C14H18N6O2. The van der Waals surface area contributed by atoms with E-state index in [-0.39, 0.29) is 17.0 Å². The molecule has 0 radical (unpaired) electrons. The fraction of sp³-hybridized carbons (Fsp3) is 0.500. The largest absolute Gasteiger partial charge is 0.351 e. The number of carbonyl (C=O) groups excluding carboxylic acids is 1. The highest BCUT2D eigenvalue weighted by Gasteiger charge is 2.19. The fourth-order valence-electron chi connectivity index (χ4n) is 2.82. The van der Waals surface area contributed by atoms with Gasteiger partial charge in [-0.15, -0.1) is 10.2 Å². The first-order chi connectivity index (χ1) is 10.7. The molecule has 0 spiro atoms. The molecule has 1 aliphatic carbocycles. The third-order valence-corrected chi connectivity index (χ3v) is 4.01. The van der Waals surface area contributed by atoms with E-state index in [1.165, 1.54) is 0 Å². The second-order valence-corrected chi connectivity index (χ2v) is 5.44. The lowest BCUT2D eigenvalue weighted by Crippen LogP contribution is -2.35. The summed E-state index contributed by atoms with van der Waals surface area (Å²) >= 11 is 0. The summed E-state index contributed by atoms with van der Waals surface area (Å²) in [6.07, 6.45) is 4.49. The lowest BCUT2D eigenvalue weighted by Gasteiger charge is -2.20. The van der Waals surface area contributed by atoms with Gasteiger partial charge in [0.15, 0.2) is 5.82 Å². The molecule has 2 N–H and O–H groups in total. The summed E-state index contributed by atoms with van der Waals surface area (Å²) < 4.78 is 1.61. The van der Waals surface area contributed by atoms with Gasteiger partial charge in [0.1, 0.15) is 5.56 Å². The maximum Gasteiger partial charge on any atom is 0.263 e. The van der Waals surface area contributed by atoms with E-state index in [2.05, 4.69) is 25.9 Å². The zero-order valence-electron chi connectivity index (χ0n) is 12.4. The van der Waals surface area contributed by atoms with Crippen molar-refractivity contribution in [3.05, 3.63) is 39.1 Å². The predicted molar refractivity (Wildman–Crippen MR) is 78.5 cm³/mol. The highest BCUT2D eigenvalue weighted by Crippen LogP contribution is 2.20. The van der Waals surface area contributed by atoms with Crippen LogP contribution in [0.1, 0.15) is 40.3 Å². The summed E-state index contributed by atoms with van der Waals surface area (Å²) in [5, 5.41) is 16.2. The number of hydrogen-bond donors (Lipinski definition) is 2. The smallest absolute Gasteiger partial charge is 0.263 e. The zero-order valence-corrected chi connectivity index (χ0v) is 12.4. The minimum absolute atomic E-state index is 0.205. The molecule has 0 bridgehead atoms. The van der Waals surface area contributed by atoms with Crippen LogP contribution in [-0.4, -0.2) is 37.6 Å². The lowest BCUT2D eigenvalue weighted by atomic mass is 9.94. The Balaban J connectivity index is 1.74. The van der Waals surface area contributed by atoms with Gasteiger partial charge >= 0.3 is 0 Å². The first kappa shape index (κ1) is 14.4. The molecule has 1 aliphatic rings. The van der Waals surface area contributed by atoms with E-state index in [0.717, 1.165) is 36.9 Å². The minimum Gasteiger partial charge on any atom is -0.351 e. The molecule has 3 rings (SSSR count). The van der Waals surface area contributed by atoms with Gasteiger partial charge in [-0.1, -0.05) is 5.21 Å². The van der Waals surface area contributed by atoms with Crippen molar-refractivity contribution in [2.75, 3.05) is 6.54 Å². The number of carbonyl (C=O) groups is 1. The number of aromatic amines is 1. The third-order valence-electron chi connectivity index (χ3n) is 4.01. The zero-order chi connectivity index (χ0) is 15.5. The van der Waals surface area contributed by atoms with Gasteiger partial charge in [0, 0.05) is 25.7 Å². The Labute approximate surface area is 126 Å². The van der Waals surface area contributed by atoms with E-state index in [1.807, 2.05) is 0 Å². The average Bonchev–Trinajstić information content (AvgIpc) is 3.04. The molecule has 0 aliphatic heterocycles. The molecule has 8 nitrogen and oxygen atoms in total. The van der Waals surface area contributed by atoms with Gasteiger partial charge in [0.05, 0.1) is 0 Å². The number of nitrogens with one attached hydrogen (secondary N) is 2. The molecule has 0 saturated heterocycles. The van der Waals surface area contributed by atoms with Crippen LogP contribution in [0.2, 0.25) is 0 Å². The molecule has 1 amide bonds. The van der Waals surface area contributed by atoms with Crippen LogP contribution in [-0.2, 0) is 26.3 Å². The Hall–Kier alpha value is -2.51. The number of pyridine rings is 1. The number of aromatic nitrogens is 5. The van der Waals surface area contributed by atoms with E-state index in [4.69, 9.17) is 0 Å². The van der Waals surface area contributed by atoms with Crippen molar-refractivity contribution in [2.24, 2.45) is 7.05 Å². The van der Waals surface area contributed by atoms with Crippen LogP contribution in [0.4, 0.5) is 0 Å². The van der Waals surface area contributed by atoms with Crippen LogP contribution in [0.5, 0.6) is 0 Å². The monoisotopic (exact) mass is 302 g/mol. The van der Waals surface area contributed by atoms with Gasteiger partial charge in [-0.25, -0.2) is 0 Å². The number of tetrazole rings is 1. The predicted octanol–water partition coefficient (Wildman–Crippen LogP) is -0.250. The Bertz CT molecular complexity index is 735.